The van der Waals surface area contributed by atoms with E-state index >= 15 is 0 Å². The molecule has 5 nitrogen and oxygen atoms in total. The number of nitrogens with zero attached hydrogens (tertiary/aromatic N) is 1. The number of nitriles is 1. The molecule has 1 amide bonds. The van der Waals surface area contributed by atoms with Gasteiger partial charge in [0.05, 0.1) is 10.7 Å². The molecule has 0 saturated heterocycles. The first-order valence-corrected chi connectivity index (χ1v) is 12.0. The predicted octanol–water partition coefficient (Wildman–Crippen LogP) is 7.35. The summed E-state index contributed by atoms with van der Waals surface area (Å²) in [6.07, 6.45) is 1.52. The van der Waals surface area contributed by atoms with Gasteiger partial charge in [0, 0.05) is 21.3 Å². The zero-order chi connectivity index (χ0) is 24.8. The molecule has 1 N–H and O–H groups in total. The molecule has 3 rings (SSSR count). The van der Waals surface area contributed by atoms with E-state index in [0.717, 1.165) is 20.3 Å². The molecule has 34 heavy (non-hydrogen) atoms. The van der Waals surface area contributed by atoms with Crippen LogP contribution in [-0.4, -0.2) is 13.0 Å². The fourth-order valence-corrected chi connectivity index (χ4v) is 4.45. The molecule has 0 aliphatic heterocycles. The summed E-state index contributed by atoms with van der Waals surface area (Å²) in [6, 6.07) is 16.4. The maximum atomic E-state index is 12.7. The van der Waals surface area contributed by atoms with Gasteiger partial charge in [0.25, 0.3) is 5.91 Å². The Bertz CT molecular complexity index is 1320. The van der Waals surface area contributed by atoms with E-state index in [-0.39, 0.29) is 12.2 Å². The molecule has 0 bridgehead atoms. The summed E-state index contributed by atoms with van der Waals surface area (Å²) < 4.78 is 12.2. The van der Waals surface area contributed by atoms with Crippen LogP contribution in [0, 0.1) is 28.7 Å². The average Bonchev–Trinajstić information content (AvgIpc) is 2.79. The first-order valence-electron chi connectivity index (χ1n) is 10.2. The first-order chi connectivity index (χ1) is 16.2. The van der Waals surface area contributed by atoms with Crippen molar-refractivity contribution in [2.75, 3.05) is 12.4 Å². The van der Waals surface area contributed by atoms with Gasteiger partial charge in [-0.1, -0.05) is 47.0 Å². The first kappa shape index (κ1) is 25.9. The quantitative estimate of drug-likeness (QED) is 0.173. The van der Waals surface area contributed by atoms with Crippen molar-refractivity contribution in [3.63, 3.8) is 0 Å². The molecule has 8 heteroatoms. The van der Waals surface area contributed by atoms with Crippen LogP contribution in [0.5, 0.6) is 11.5 Å². The summed E-state index contributed by atoms with van der Waals surface area (Å²) in [4.78, 5) is 12.7. The number of hydrogen-bond acceptors (Lipinski definition) is 4. The third-order valence-electron chi connectivity index (χ3n) is 4.95. The number of carbonyl (C=O) groups excluding carboxylic acids is 1. The fourth-order valence-electron chi connectivity index (χ4n) is 3.21. The van der Waals surface area contributed by atoms with E-state index in [1.54, 1.807) is 24.3 Å². The average molecular weight is 607 g/mol. The summed E-state index contributed by atoms with van der Waals surface area (Å²) in [6.45, 7) is 4.10. The van der Waals surface area contributed by atoms with Crippen molar-refractivity contribution in [1.29, 1.82) is 5.26 Å². The molecule has 3 aromatic carbocycles. The topological polar surface area (TPSA) is 71.3 Å². The second-order valence-corrected chi connectivity index (χ2v) is 9.51. The maximum absolute atomic E-state index is 12.7. The Hall–Kier alpha value is -2.73. The van der Waals surface area contributed by atoms with Crippen molar-refractivity contribution in [3.05, 3.63) is 90.0 Å². The number of amides is 1. The zero-order valence-corrected chi connectivity index (χ0v) is 22.4. The normalized spacial score (nSPS) is 11.0. The minimum absolute atomic E-state index is 0.0283. The molecule has 0 spiro atoms. The number of hydrogen-bond donors (Lipinski definition) is 1. The molecule has 174 valence electrons. The van der Waals surface area contributed by atoms with Crippen molar-refractivity contribution >= 4 is 63.5 Å². The number of carbonyl (C=O) groups is 1. The Morgan fingerprint density at radius 2 is 1.91 bits per heavy atom. The molecule has 0 aliphatic rings. The highest BCUT2D eigenvalue weighted by atomic mass is 127. The van der Waals surface area contributed by atoms with E-state index in [1.807, 2.05) is 44.2 Å². The molecule has 0 saturated carbocycles. The molecule has 0 fully saturated rings. The molecular formula is C26H21Cl2IN2O3. The van der Waals surface area contributed by atoms with Gasteiger partial charge in [0.2, 0.25) is 0 Å². The number of nitrogens with one attached hydrogen (secondary N) is 1. The number of methoxy groups -OCH3 is 1. The number of benzene rings is 3. The minimum Gasteiger partial charge on any atom is -0.493 e. The van der Waals surface area contributed by atoms with Crippen molar-refractivity contribution in [3.8, 4) is 17.6 Å². The van der Waals surface area contributed by atoms with Crippen molar-refractivity contribution in [2.24, 2.45) is 0 Å². The molecule has 0 radical (unpaired) electrons. The second kappa shape index (κ2) is 11.6. The molecule has 3 aromatic rings. The van der Waals surface area contributed by atoms with Crippen LogP contribution in [0.25, 0.3) is 6.08 Å². The van der Waals surface area contributed by atoms with Gasteiger partial charge in [-0.3, -0.25) is 4.79 Å². The van der Waals surface area contributed by atoms with Gasteiger partial charge < -0.3 is 14.8 Å². The summed E-state index contributed by atoms with van der Waals surface area (Å²) in [5, 5.41) is 13.5. The lowest BCUT2D eigenvalue weighted by molar-refractivity contribution is -0.112. The summed E-state index contributed by atoms with van der Waals surface area (Å²) in [7, 11) is 1.53. The molecule has 0 atom stereocenters. The number of halogens is 3. The highest BCUT2D eigenvalue weighted by Crippen LogP contribution is 2.36. The van der Waals surface area contributed by atoms with Crippen LogP contribution < -0.4 is 14.8 Å². The molecule has 0 aliphatic carbocycles. The Morgan fingerprint density at radius 3 is 2.56 bits per heavy atom. The van der Waals surface area contributed by atoms with E-state index in [0.29, 0.717) is 32.8 Å². The Kier molecular flexibility index (Phi) is 8.84. The van der Waals surface area contributed by atoms with Crippen molar-refractivity contribution < 1.29 is 14.3 Å². The van der Waals surface area contributed by atoms with Gasteiger partial charge in [0.1, 0.15) is 18.2 Å². The largest absolute Gasteiger partial charge is 0.493 e. The fraction of sp³-hybridized carbons (Fsp3) is 0.154. The van der Waals surface area contributed by atoms with Gasteiger partial charge in [-0.05, 0) is 84.0 Å². The van der Waals surface area contributed by atoms with Gasteiger partial charge in [-0.15, -0.1) is 0 Å². The molecule has 0 aromatic heterocycles. The van der Waals surface area contributed by atoms with E-state index in [9.17, 15) is 10.1 Å². The highest BCUT2D eigenvalue weighted by molar-refractivity contribution is 14.1. The molecule has 0 heterocycles. The Labute approximate surface area is 222 Å². The lowest BCUT2D eigenvalue weighted by Gasteiger charge is -2.14. The van der Waals surface area contributed by atoms with Crippen LogP contribution >= 0.6 is 45.8 Å². The smallest absolute Gasteiger partial charge is 0.266 e. The third kappa shape index (κ3) is 6.44. The number of anilines is 1. The van der Waals surface area contributed by atoms with Crippen molar-refractivity contribution in [2.45, 2.75) is 20.5 Å². The SMILES string of the molecule is COc1cc(/C=C(/C#N)C(=O)Nc2ccc(C)cc2C)cc(I)c1OCc1ccc(Cl)cc1Cl. The van der Waals surface area contributed by atoms with Crippen LogP contribution in [0.4, 0.5) is 5.69 Å². The summed E-state index contributed by atoms with van der Waals surface area (Å²) in [5.74, 6) is 0.515. The van der Waals surface area contributed by atoms with Crippen LogP contribution in [-0.2, 0) is 11.4 Å². The van der Waals surface area contributed by atoms with Gasteiger partial charge in [-0.2, -0.15) is 5.26 Å². The maximum Gasteiger partial charge on any atom is 0.266 e. The highest BCUT2D eigenvalue weighted by Gasteiger charge is 2.15. The second-order valence-electron chi connectivity index (χ2n) is 7.50. The van der Waals surface area contributed by atoms with E-state index in [1.165, 1.54) is 13.2 Å². The summed E-state index contributed by atoms with van der Waals surface area (Å²) in [5.41, 5.74) is 4.05. The number of ether oxygens (including phenoxy) is 2. The lowest BCUT2D eigenvalue weighted by atomic mass is 10.1. The minimum atomic E-state index is -0.485. The molecule has 0 unspecified atom stereocenters. The van der Waals surface area contributed by atoms with E-state index in [2.05, 4.69) is 27.9 Å². The number of aryl methyl sites for hydroxylation is 2. The predicted molar refractivity (Wildman–Crippen MR) is 145 cm³/mol. The van der Waals surface area contributed by atoms with Crippen LogP contribution in [0.15, 0.2) is 54.1 Å². The monoisotopic (exact) mass is 606 g/mol. The standard InChI is InChI=1S/C26H21Cl2IN2O3/c1-15-4-7-23(16(2)8-15)31-26(32)19(13-30)9-17-10-22(29)25(24(11-17)33-3)34-14-18-5-6-20(27)12-21(18)28/h4-12H,14H2,1-3H3,(H,31,32)/b19-9-. The van der Waals surface area contributed by atoms with Gasteiger partial charge in [0.15, 0.2) is 11.5 Å². The van der Waals surface area contributed by atoms with Crippen LogP contribution in [0.1, 0.15) is 22.3 Å². The summed E-state index contributed by atoms with van der Waals surface area (Å²) >= 11 is 14.3. The Morgan fingerprint density at radius 1 is 1.15 bits per heavy atom. The van der Waals surface area contributed by atoms with Crippen LogP contribution in [0.2, 0.25) is 10.0 Å². The Balaban J connectivity index is 1.83. The van der Waals surface area contributed by atoms with Gasteiger partial charge in [-0.25, -0.2) is 0 Å². The van der Waals surface area contributed by atoms with Crippen LogP contribution in [0.3, 0.4) is 0 Å². The van der Waals surface area contributed by atoms with Crippen molar-refractivity contribution in [1.82, 2.24) is 0 Å². The van der Waals surface area contributed by atoms with E-state index in [4.69, 9.17) is 32.7 Å². The van der Waals surface area contributed by atoms with Gasteiger partial charge >= 0.3 is 0 Å². The molecular weight excluding hydrogens is 586 g/mol. The van der Waals surface area contributed by atoms with E-state index < -0.39 is 5.91 Å². The third-order valence-corrected chi connectivity index (χ3v) is 6.33. The number of rotatable bonds is 7. The lowest BCUT2D eigenvalue weighted by Crippen LogP contribution is -2.14. The zero-order valence-electron chi connectivity index (χ0n) is 18.7.